The van der Waals surface area contributed by atoms with Crippen LogP contribution in [-0.4, -0.2) is 31.7 Å². The number of pyridine rings is 1. The summed E-state index contributed by atoms with van der Waals surface area (Å²) < 4.78 is 33.8. The van der Waals surface area contributed by atoms with E-state index in [2.05, 4.69) is 19.8 Å². The summed E-state index contributed by atoms with van der Waals surface area (Å²) in [6.45, 7) is -2.94. The number of rotatable bonds is 4. The molecule has 0 atom stereocenters. The molecule has 106 valence electrons. The van der Waals surface area contributed by atoms with E-state index >= 15 is 0 Å². The molecule has 1 aromatic heterocycles. The van der Waals surface area contributed by atoms with Gasteiger partial charge in [0.05, 0.1) is 12.8 Å². The zero-order valence-corrected chi connectivity index (χ0v) is 10.8. The highest BCUT2D eigenvalue weighted by molar-refractivity contribution is 6.06. The Bertz CT molecular complexity index is 647. The first kappa shape index (κ1) is 14.0. The van der Waals surface area contributed by atoms with E-state index in [1.54, 1.807) is 19.2 Å². The van der Waals surface area contributed by atoms with E-state index in [-0.39, 0.29) is 16.8 Å². The van der Waals surface area contributed by atoms with Gasteiger partial charge in [-0.2, -0.15) is 8.78 Å². The van der Waals surface area contributed by atoms with Crippen LogP contribution >= 0.6 is 0 Å². The highest BCUT2D eigenvalue weighted by Gasteiger charge is 2.17. The average molecular weight is 282 g/mol. The van der Waals surface area contributed by atoms with Gasteiger partial charge in [0.15, 0.2) is 5.75 Å². The molecule has 1 aromatic carbocycles. The van der Waals surface area contributed by atoms with Crippen LogP contribution in [0.4, 0.5) is 14.5 Å². The Morgan fingerprint density at radius 2 is 2.15 bits per heavy atom. The Labute approximate surface area is 113 Å². The number of nitrogens with one attached hydrogen (secondary N) is 1. The van der Waals surface area contributed by atoms with Crippen LogP contribution in [0.1, 0.15) is 10.4 Å². The SMILES string of the molecule is CNc1c(C(=O)OC)cnc2c(OC(F)F)cccc12. The molecule has 2 rings (SSSR count). The normalized spacial score (nSPS) is 10.7. The van der Waals surface area contributed by atoms with E-state index in [9.17, 15) is 13.6 Å². The quantitative estimate of drug-likeness (QED) is 0.874. The Morgan fingerprint density at radius 3 is 2.75 bits per heavy atom. The summed E-state index contributed by atoms with van der Waals surface area (Å²) >= 11 is 0. The molecule has 0 aliphatic rings. The zero-order chi connectivity index (χ0) is 14.7. The maximum atomic E-state index is 12.4. The summed E-state index contributed by atoms with van der Waals surface area (Å²) in [6, 6.07) is 4.58. The molecule has 5 nitrogen and oxygen atoms in total. The number of aromatic nitrogens is 1. The number of benzene rings is 1. The fourth-order valence-electron chi connectivity index (χ4n) is 1.92. The molecule has 1 heterocycles. The van der Waals surface area contributed by atoms with Crippen LogP contribution in [0.3, 0.4) is 0 Å². The van der Waals surface area contributed by atoms with E-state index in [1.807, 2.05) is 0 Å². The molecule has 1 N–H and O–H groups in total. The second-order valence-corrected chi connectivity index (χ2v) is 3.82. The molecule has 0 fully saturated rings. The Kier molecular flexibility index (Phi) is 3.97. The largest absolute Gasteiger partial charge is 0.465 e. The number of para-hydroxylation sites is 1. The molecular formula is C13H12F2N2O3. The molecule has 20 heavy (non-hydrogen) atoms. The minimum absolute atomic E-state index is 0.0505. The van der Waals surface area contributed by atoms with Gasteiger partial charge in [0.1, 0.15) is 11.1 Å². The number of anilines is 1. The van der Waals surface area contributed by atoms with Gasteiger partial charge < -0.3 is 14.8 Å². The van der Waals surface area contributed by atoms with Gasteiger partial charge >= 0.3 is 12.6 Å². The van der Waals surface area contributed by atoms with Crippen molar-refractivity contribution < 1.29 is 23.0 Å². The molecule has 0 radical (unpaired) electrons. The maximum Gasteiger partial charge on any atom is 0.387 e. The van der Waals surface area contributed by atoms with Gasteiger partial charge in [0.2, 0.25) is 0 Å². The number of hydrogen-bond acceptors (Lipinski definition) is 5. The minimum Gasteiger partial charge on any atom is -0.465 e. The number of carbonyl (C=O) groups is 1. The first-order valence-electron chi connectivity index (χ1n) is 5.71. The highest BCUT2D eigenvalue weighted by atomic mass is 19.3. The van der Waals surface area contributed by atoms with Gasteiger partial charge in [-0.25, -0.2) is 4.79 Å². The number of methoxy groups -OCH3 is 1. The van der Waals surface area contributed by atoms with Gasteiger partial charge in [0, 0.05) is 18.6 Å². The van der Waals surface area contributed by atoms with Crippen molar-refractivity contribution in [3.8, 4) is 5.75 Å². The van der Waals surface area contributed by atoms with Crippen molar-refractivity contribution in [3.63, 3.8) is 0 Å². The lowest BCUT2D eigenvalue weighted by molar-refractivity contribution is -0.0489. The monoisotopic (exact) mass is 282 g/mol. The third-order valence-electron chi connectivity index (χ3n) is 2.73. The topological polar surface area (TPSA) is 60.5 Å². The lowest BCUT2D eigenvalue weighted by Gasteiger charge is -2.13. The van der Waals surface area contributed by atoms with Crippen molar-refractivity contribution in [2.75, 3.05) is 19.5 Å². The number of halogens is 2. The summed E-state index contributed by atoms with van der Waals surface area (Å²) in [5.41, 5.74) is 0.906. The second kappa shape index (κ2) is 5.68. The predicted octanol–water partition coefficient (Wildman–Crippen LogP) is 2.66. The Morgan fingerprint density at radius 1 is 1.40 bits per heavy atom. The van der Waals surface area contributed by atoms with Crippen molar-refractivity contribution >= 4 is 22.6 Å². The predicted molar refractivity (Wildman–Crippen MR) is 69.3 cm³/mol. The molecule has 0 saturated heterocycles. The molecule has 0 aliphatic carbocycles. The van der Waals surface area contributed by atoms with E-state index in [4.69, 9.17) is 0 Å². The number of alkyl halides is 2. The van der Waals surface area contributed by atoms with Crippen LogP contribution in [-0.2, 0) is 4.74 Å². The summed E-state index contributed by atoms with van der Waals surface area (Å²) in [4.78, 5) is 15.7. The lowest BCUT2D eigenvalue weighted by Crippen LogP contribution is -2.08. The first-order valence-corrected chi connectivity index (χ1v) is 5.71. The number of esters is 1. The van der Waals surface area contributed by atoms with Crippen LogP contribution in [0.25, 0.3) is 10.9 Å². The standard InChI is InChI=1S/C13H12F2N2O3/c1-16-10-7-4-3-5-9(20-13(14)15)11(7)17-6-8(10)12(18)19-2/h3-6,13H,1-2H3,(H,16,17). The summed E-state index contributed by atoms with van der Waals surface area (Å²) in [6.07, 6.45) is 1.26. The number of ether oxygens (including phenoxy) is 2. The van der Waals surface area contributed by atoms with E-state index in [0.29, 0.717) is 11.1 Å². The van der Waals surface area contributed by atoms with E-state index in [1.165, 1.54) is 19.4 Å². The van der Waals surface area contributed by atoms with Gasteiger partial charge in [0.25, 0.3) is 0 Å². The van der Waals surface area contributed by atoms with Crippen LogP contribution < -0.4 is 10.1 Å². The molecule has 0 aliphatic heterocycles. The summed E-state index contributed by atoms with van der Waals surface area (Å²) in [7, 11) is 2.87. The van der Waals surface area contributed by atoms with Crippen molar-refractivity contribution in [3.05, 3.63) is 30.0 Å². The van der Waals surface area contributed by atoms with E-state index in [0.717, 1.165) is 0 Å². The molecule has 0 bridgehead atoms. The number of hydrogen-bond donors (Lipinski definition) is 1. The second-order valence-electron chi connectivity index (χ2n) is 3.82. The Hall–Kier alpha value is -2.44. The zero-order valence-electron chi connectivity index (χ0n) is 10.8. The van der Waals surface area contributed by atoms with E-state index < -0.39 is 12.6 Å². The van der Waals surface area contributed by atoms with Crippen molar-refractivity contribution in [1.82, 2.24) is 4.98 Å². The number of carbonyl (C=O) groups excluding carboxylic acids is 1. The molecule has 0 saturated carbocycles. The Balaban J connectivity index is 2.66. The lowest BCUT2D eigenvalue weighted by atomic mass is 10.1. The summed E-state index contributed by atoms with van der Waals surface area (Å²) in [5.74, 6) is -0.616. The molecule has 0 unspecified atom stereocenters. The molecule has 2 aromatic rings. The maximum absolute atomic E-state index is 12.4. The van der Waals surface area contributed by atoms with Gasteiger partial charge in [-0.3, -0.25) is 4.98 Å². The van der Waals surface area contributed by atoms with Crippen LogP contribution in [0, 0.1) is 0 Å². The molecule has 0 spiro atoms. The fraction of sp³-hybridized carbons (Fsp3) is 0.231. The molecule has 0 amide bonds. The van der Waals surface area contributed by atoms with Crippen LogP contribution in [0.5, 0.6) is 5.75 Å². The van der Waals surface area contributed by atoms with Crippen LogP contribution in [0.2, 0.25) is 0 Å². The number of fused-ring (bicyclic) bond motifs is 1. The third kappa shape index (κ3) is 2.47. The van der Waals surface area contributed by atoms with Gasteiger partial charge in [-0.05, 0) is 6.07 Å². The van der Waals surface area contributed by atoms with Gasteiger partial charge in [-0.15, -0.1) is 0 Å². The van der Waals surface area contributed by atoms with Crippen molar-refractivity contribution in [2.45, 2.75) is 6.61 Å². The average Bonchev–Trinajstić information content (AvgIpc) is 2.44. The smallest absolute Gasteiger partial charge is 0.387 e. The first-order chi connectivity index (χ1) is 9.58. The van der Waals surface area contributed by atoms with Crippen molar-refractivity contribution in [2.24, 2.45) is 0 Å². The van der Waals surface area contributed by atoms with Gasteiger partial charge in [-0.1, -0.05) is 12.1 Å². The number of nitrogens with zero attached hydrogens (tertiary/aromatic N) is 1. The third-order valence-corrected chi connectivity index (χ3v) is 2.73. The minimum atomic E-state index is -2.94. The highest BCUT2D eigenvalue weighted by Crippen LogP contribution is 2.32. The fourth-order valence-corrected chi connectivity index (χ4v) is 1.92. The molecular weight excluding hydrogens is 270 g/mol. The van der Waals surface area contributed by atoms with Crippen LogP contribution in [0.15, 0.2) is 24.4 Å². The van der Waals surface area contributed by atoms with Crippen molar-refractivity contribution in [1.29, 1.82) is 0 Å². The summed E-state index contributed by atoms with van der Waals surface area (Å²) in [5, 5.41) is 3.34. The molecule has 7 heteroatoms.